The number of rotatable bonds is 1. The second kappa shape index (κ2) is 4.42. The van der Waals surface area contributed by atoms with Gasteiger partial charge in [-0.15, -0.1) is 5.10 Å². The Bertz CT molecular complexity index is 610. The highest BCUT2D eigenvalue weighted by atomic mass is 79.9. The number of halogens is 4. The maximum atomic E-state index is 12.8. The molecular formula is C10H4BrF3N4. The molecule has 0 saturated heterocycles. The average Bonchev–Trinajstić information content (AvgIpc) is 2.73. The van der Waals surface area contributed by atoms with Crippen molar-refractivity contribution in [2.75, 3.05) is 0 Å². The monoisotopic (exact) mass is 316 g/mol. The molecule has 0 bridgehead atoms. The van der Waals surface area contributed by atoms with Gasteiger partial charge < -0.3 is 0 Å². The van der Waals surface area contributed by atoms with E-state index in [-0.39, 0.29) is 5.69 Å². The summed E-state index contributed by atoms with van der Waals surface area (Å²) in [4.78, 5) is 0. The van der Waals surface area contributed by atoms with Crippen LogP contribution in [0.4, 0.5) is 13.2 Å². The van der Waals surface area contributed by atoms with Gasteiger partial charge in [0.15, 0.2) is 11.4 Å². The van der Waals surface area contributed by atoms with Crippen LogP contribution in [0.2, 0.25) is 0 Å². The molecule has 0 aliphatic carbocycles. The van der Waals surface area contributed by atoms with Crippen molar-refractivity contribution >= 4 is 15.9 Å². The van der Waals surface area contributed by atoms with Crippen molar-refractivity contribution in [3.05, 3.63) is 40.1 Å². The Morgan fingerprint density at radius 3 is 2.33 bits per heavy atom. The molecule has 2 aromatic rings. The fourth-order valence-corrected chi connectivity index (χ4v) is 1.64. The molecule has 0 saturated carbocycles. The zero-order valence-corrected chi connectivity index (χ0v) is 10.2. The molecule has 0 unspecified atom stereocenters. The Morgan fingerprint density at radius 1 is 1.22 bits per heavy atom. The van der Waals surface area contributed by atoms with Crippen molar-refractivity contribution in [2.45, 2.75) is 6.18 Å². The van der Waals surface area contributed by atoms with E-state index in [9.17, 15) is 13.2 Å². The molecule has 0 spiro atoms. The lowest BCUT2D eigenvalue weighted by Crippen LogP contribution is -2.14. The summed E-state index contributed by atoms with van der Waals surface area (Å²) in [6.45, 7) is 0. The van der Waals surface area contributed by atoms with Crippen molar-refractivity contribution in [3.63, 3.8) is 0 Å². The molecule has 0 fully saturated rings. The maximum Gasteiger partial charge on any atom is 0.436 e. The molecule has 0 aliphatic rings. The Morgan fingerprint density at radius 2 is 1.83 bits per heavy atom. The zero-order valence-electron chi connectivity index (χ0n) is 8.61. The van der Waals surface area contributed by atoms with Gasteiger partial charge >= 0.3 is 6.18 Å². The SMILES string of the molecule is N#Cc1nnn(-c2ccc(Br)cc2)c1C(F)(F)F. The first-order valence-electron chi connectivity index (χ1n) is 4.62. The molecule has 92 valence electrons. The summed E-state index contributed by atoms with van der Waals surface area (Å²) in [5.41, 5.74) is -1.74. The number of nitriles is 1. The second-order valence-electron chi connectivity index (χ2n) is 3.28. The first-order valence-corrected chi connectivity index (χ1v) is 5.41. The lowest BCUT2D eigenvalue weighted by Gasteiger charge is -2.09. The summed E-state index contributed by atoms with van der Waals surface area (Å²) in [7, 11) is 0. The number of benzene rings is 1. The first-order chi connectivity index (χ1) is 8.43. The van der Waals surface area contributed by atoms with Crippen molar-refractivity contribution < 1.29 is 13.2 Å². The molecule has 0 amide bonds. The largest absolute Gasteiger partial charge is 0.436 e. The van der Waals surface area contributed by atoms with E-state index in [4.69, 9.17) is 5.26 Å². The molecule has 0 aliphatic heterocycles. The minimum Gasteiger partial charge on any atom is -0.207 e. The smallest absolute Gasteiger partial charge is 0.207 e. The number of alkyl halides is 3. The van der Waals surface area contributed by atoms with Crippen LogP contribution in [0, 0.1) is 11.3 Å². The predicted molar refractivity (Wildman–Crippen MR) is 58.8 cm³/mol. The summed E-state index contributed by atoms with van der Waals surface area (Å²) in [6, 6.07) is 7.40. The van der Waals surface area contributed by atoms with Gasteiger partial charge in [0, 0.05) is 4.47 Å². The highest BCUT2D eigenvalue weighted by molar-refractivity contribution is 9.10. The van der Waals surface area contributed by atoms with Gasteiger partial charge in [0.2, 0.25) is 0 Å². The van der Waals surface area contributed by atoms with Crippen LogP contribution in [0.5, 0.6) is 0 Å². The standard InChI is InChI=1S/C10H4BrF3N4/c11-6-1-3-7(4-2-6)18-9(10(12,13)14)8(5-15)16-17-18/h1-4H. The van der Waals surface area contributed by atoms with E-state index in [0.717, 1.165) is 4.47 Å². The summed E-state index contributed by atoms with van der Waals surface area (Å²) in [5.74, 6) is 0. The van der Waals surface area contributed by atoms with Crippen LogP contribution in [0.3, 0.4) is 0 Å². The van der Waals surface area contributed by atoms with Crippen LogP contribution in [0.15, 0.2) is 28.7 Å². The highest BCUT2D eigenvalue weighted by Gasteiger charge is 2.40. The number of hydrogen-bond acceptors (Lipinski definition) is 3. The Balaban J connectivity index is 2.63. The highest BCUT2D eigenvalue weighted by Crippen LogP contribution is 2.32. The van der Waals surface area contributed by atoms with Gasteiger partial charge in [-0.2, -0.15) is 18.4 Å². The lowest BCUT2D eigenvalue weighted by atomic mass is 10.3. The van der Waals surface area contributed by atoms with Gasteiger partial charge in [0.25, 0.3) is 0 Å². The molecule has 2 rings (SSSR count). The molecule has 1 aromatic heterocycles. The molecule has 8 heteroatoms. The topological polar surface area (TPSA) is 54.5 Å². The van der Waals surface area contributed by atoms with Crippen LogP contribution >= 0.6 is 15.9 Å². The van der Waals surface area contributed by atoms with E-state index in [1.165, 1.54) is 18.2 Å². The summed E-state index contributed by atoms with van der Waals surface area (Å²) < 4.78 is 39.8. The molecule has 0 radical (unpaired) electrons. The molecule has 0 atom stereocenters. The Hall–Kier alpha value is -1.88. The minimum absolute atomic E-state index is 0.180. The average molecular weight is 317 g/mol. The van der Waals surface area contributed by atoms with Gasteiger partial charge in [0.1, 0.15) is 6.07 Å². The second-order valence-corrected chi connectivity index (χ2v) is 4.20. The van der Waals surface area contributed by atoms with Gasteiger partial charge in [-0.25, -0.2) is 4.68 Å². The fourth-order valence-electron chi connectivity index (χ4n) is 1.37. The van der Waals surface area contributed by atoms with E-state index in [1.54, 1.807) is 12.1 Å². The molecular weight excluding hydrogens is 313 g/mol. The summed E-state index contributed by atoms with van der Waals surface area (Å²) >= 11 is 3.18. The predicted octanol–water partition coefficient (Wildman–Crippen LogP) is 2.92. The first kappa shape index (κ1) is 12.6. The van der Waals surface area contributed by atoms with Crippen molar-refractivity contribution in [1.29, 1.82) is 5.26 Å². The minimum atomic E-state index is -4.69. The Kier molecular flexibility index (Phi) is 3.09. The molecule has 1 aromatic carbocycles. The van der Waals surface area contributed by atoms with Gasteiger partial charge in [-0.1, -0.05) is 21.1 Å². The van der Waals surface area contributed by atoms with Crippen LogP contribution in [-0.2, 0) is 6.18 Å². The fraction of sp³-hybridized carbons (Fsp3) is 0.100. The third-order valence-corrected chi connectivity index (χ3v) is 2.64. The van der Waals surface area contributed by atoms with E-state index in [2.05, 4.69) is 26.2 Å². The van der Waals surface area contributed by atoms with E-state index >= 15 is 0 Å². The van der Waals surface area contributed by atoms with Crippen molar-refractivity contribution in [3.8, 4) is 11.8 Å². The molecule has 0 N–H and O–H groups in total. The number of hydrogen-bond donors (Lipinski definition) is 0. The van der Waals surface area contributed by atoms with Crippen LogP contribution in [0.1, 0.15) is 11.4 Å². The normalized spacial score (nSPS) is 11.3. The zero-order chi connectivity index (χ0) is 13.3. The van der Waals surface area contributed by atoms with Crippen LogP contribution < -0.4 is 0 Å². The van der Waals surface area contributed by atoms with Gasteiger partial charge in [-0.3, -0.25) is 0 Å². The number of nitrogens with zero attached hydrogens (tertiary/aromatic N) is 4. The lowest BCUT2D eigenvalue weighted by molar-refractivity contribution is -0.143. The van der Waals surface area contributed by atoms with Crippen molar-refractivity contribution in [2.24, 2.45) is 0 Å². The van der Waals surface area contributed by atoms with Crippen LogP contribution in [-0.4, -0.2) is 15.0 Å². The van der Waals surface area contributed by atoms with Crippen molar-refractivity contribution in [1.82, 2.24) is 15.0 Å². The molecule has 18 heavy (non-hydrogen) atoms. The molecule has 4 nitrogen and oxygen atoms in total. The third kappa shape index (κ3) is 2.22. The van der Waals surface area contributed by atoms with Gasteiger partial charge in [-0.05, 0) is 24.3 Å². The summed E-state index contributed by atoms with van der Waals surface area (Å²) in [5, 5.41) is 15.2. The number of aromatic nitrogens is 3. The quantitative estimate of drug-likeness (QED) is 0.812. The maximum absolute atomic E-state index is 12.8. The third-order valence-electron chi connectivity index (χ3n) is 2.12. The van der Waals surface area contributed by atoms with E-state index in [0.29, 0.717) is 4.68 Å². The van der Waals surface area contributed by atoms with Gasteiger partial charge in [0.05, 0.1) is 5.69 Å². The molecule has 1 heterocycles. The van der Waals surface area contributed by atoms with Crippen LogP contribution in [0.25, 0.3) is 5.69 Å². The Labute approximate surface area is 108 Å². The van der Waals surface area contributed by atoms with E-state index < -0.39 is 17.6 Å². The summed E-state index contributed by atoms with van der Waals surface area (Å²) in [6.07, 6.45) is -4.69. The van der Waals surface area contributed by atoms with E-state index in [1.807, 2.05) is 0 Å².